The van der Waals surface area contributed by atoms with Crippen LogP contribution in [0, 0.1) is 0 Å². The molecule has 0 unspecified atom stereocenters. The van der Waals surface area contributed by atoms with Gasteiger partial charge in [-0.3, -0.25) is 9.59 Å². The summed E-state index contributed by atoms with van der Waals surface area (Å²) in [7, 11) is 0. The summed E-state index contributed by atoms with van der Waals surface area (Å²) in [6, 6.07) is 0. The highest BCUT2D eigenvalue weighted by Gasteiger charge is 2.21. The highest BCUT2D eigenvalue weighted by atomic mass is 16.5. The maximum atomic E-state index is 11.1. The highest BCUT2D eigenvalue weighted by Crippen LogP contribution is 2.16. The molecule has 0 radical (unpaired) electrons. The molecule has 0 bridgehead atoms. The van der Waals surface area contributed by atoms with Crippen molar-refractivity contribution in [1.29, 1.82) is 0 Å². The summed E-state index contributed by atoms with van der Waals surface area (Å²) in [5.74, 6) is 0.202. The first kappa shape index (κ1) is 10.8. The largest absolute Gasteiger partial charge is 0.488 e. The fourth-order valence-electron chi connectivity index (χ4n) is 1.20. The Bertz CT molecular complexity index is 363. The maximum Gasteiger partial charge on any atom is 0.272 e. The van der Waals surface area contributed by atoms with Crippen LogP contribution in [-0.4, -0.2) is 13.2 Å². The third-order valence-electron chi connectivity index (χ3n) is 1.99. The summed E-state index contributed by atoms with van der Waals surface area (Å²) in [5.41, 5.74) is -0.610. The SMILES string of the molecule is CCCCNc1c(OCC)c(=O)c1=O. The predicted octanol–water partition coefficient (Wildman–Crippen LogP) is 0.893. The molecule has 0 aliphatic rings. The number of ether oxygens (including phenoxy) is 1. The second kappa shape index (κ2) is 4.79. The van der Waals surface area contributed by atoms with Gasteiger partial charge in [0.25, 0.3) is 10.9 Å². The third-order valence-corrected chi connectivity index (χ3v) is 1.99. The Hall–Kier alpha value is -1.32. The van der Waals surface area contributed by atoms with Crippen molar-refractivity contribution in [3.05, 3.63) is 20.4 Å². The van der Waals surface area contributed by atoms with Crippen LogP contribution in [0.2, 0.25) is 0 Å². The zero-order valence-corrected chi connectivity index (χ0v) is 8.55. The molecule has 0 saturated carbocycles. The molecular weight excluding hydrogens is 182 g/mol. The van der Waals surface area contributed by atoms with Crippen molar-refractivity contribution in [3.63, 3.8) is 0 Å². The van der Waals surface area contributed by atoms with Crippen LogP contribution in [0.3, 0.4) is 0 Å². The van der Waals surface area contributed by atoms with Crippen LogP contribution >= 0.6 is 0 Å². The van der Waals surface area contributed by atoms with E-state index in [0.29, 0.717) is 18.8 Å². The normalized spacial score (nSPS) is 10.4. The Morgan fingerprint density at radius 2 is 1.93 bits per heavy atom. The van der Waals surface area contributed by atoms with Gasteiger partial charge in [0.05, 0.1) is 6.61 Å². The van der Waals surface area contributed by atoms with Gasteiger partial charge in [0.2, 0.25) is 0 Å². The highest BCUT2D eigenvalue weighted by molar-refractivity contribution is 5.61. The number of hydrogen-bond acceptors (Lipinski definition) is 4. The number of nitrogens with one attached hydrogen (secondary N) is 1. The van der Waals surface area contributed by atoms with E-state index in [9.17, 15) is 9.59 Å². The maximum absolute atomic E-state index is 11.1. The van der Waals surface area contributed by atoms with Gasteiger partial charge < -0.3 is 10.1 Å². The topological polar surface area (TPSA) is 55.4 Å². The number of hydrogen-bond donors (Lipinski definition) is 1. The van der Waals surface area contributed by atoms with Crippen LogP contribution < -0.4 is 20.9 Å². The molecule has 4 nitrogen and oxygen atoms in total. The van der Waals surface area contributed by atoms with E-state index in [1.165, 1.54) is 0 Å². The molecule has 1 N–H and O–H groups in total. The van der Waals surface area contributed by atoms with Crippen LogP contribution in [-0.2, 0) is 0 Å². The zero-order chi connectivity index (χ0) is 10.6. The van der Waals surface area contributed by atoms with Gasteiger partial charge in [-0.2, -0.15) is 0 Å². The molecular formula is C10H15NO3. The number of anilines is 1. The molecule has 0 amide bonds. The Morgan fingerprint density at radius 1 is 1.21 bits per heavy atom. The average Bonchev–Trinajstić information content (AvgIpc) is 2.21. The van der Waals surface area contributed by atoms with Crippen LogP contribution in [0.1, 0.15) is 26.7 Å². The monoisotopic (exact) mass is 197 g/mol. The van der Waals surface area contributed by atoms with E-state index in [2.05, 4.69) is 12.2 Å². The van der Waals surface area contributed by atoms with Gasteiger partial charge in [0.1, 0.15) is 5.69 Å². The van der Waals surface area contributed by atoms with Gasteiger partial charge in [-0.1, -0.05) is 13.3 Å². The molecule has 0 aliphatic heterocycles. The summed E-state index contributed by atoms with van der Waals surface area (Å²) in [6.07, 6.45) is 2.02. The second-order valence-corrected chi connectivity index (χ2v) is 3.08. The summed E-state index contributed by atoms with van der Waals surface area (Å²) >= 11 is 0. The smallest absolute Gasteiger partial charge is 0.272 e. The zero-order valence-electron chi connectivity index (χ0n) is 8.55. The minimum Gasteiger partial charge on any atom is -0.488 e. The molecule has 0 aliphatic carbocycles. The lowest BCUT2D eigenvalue weighted by atomic mass is 10.2. The number of rotatable bonds is 6. The summed E-state index contributed by atoms with van der Waals surface area (Å²) in [5, 5.41) is 2.92. The minimum absolute atomic E-state index is 0.202. The lowest BCUT2D eigenvalue weighted by Gasteiger charge is -2.12. The molecule has 0 aromatic heterocycles. The molecule has 0 fully saturated rings. The van der Waals surface area contributed by atoms with Crippen LogP contribution in [0.5, 0.6) is 5.75 Å². The van der Waals surface area contributed by atoms with Gasteiger partial charge in [0.15, 0.2) is 5.75 Å². The average molecular weight is 197 g/mol. The number of unbranched alkanes of at least 4 members (excludes halogenated alkanes) is 1. The van der Waals surface area contributed by atoms with E-state index >= 15 is 0 Å². The lowest BCUT2D eigenvalue weighted by molar-refractivity contribution is 0.334. The molecule has 1 aromatic carbocycles. The third kappa shape index (κ3) is 1.95. The standard InChI is InChI=1S/C10H15NO3/c1-3-5-6-11-7-8(12)9(13)10(7)14-4-2/h11H,3-6H2,1-2H3. The van der Waals surface area contributed by atoms with Gasteiger partial charge >= 0.3 is 0 Å². The van der Waals surface area contributed by atoms with E-state index in [4.69, 9.17) is 4.74 Å². The Labute approximate surface area is 82.6 Å². The molecule has 0 saturated heterocycles. The quantitative estimate of drug-likeness (QED) is 0.543. The second-order valence-electron chi connectivity index (χ2n) is 3.08. The fourth-order valence-corrected chi connectivity index (χ4v) is 1.20. The molecule has 4 heteroatoms. The first-order chi connectivity index (χ1) is 6.72. The van der Waals surface area contributed by atoms with E-state index in [-0.39, 0.29) is 5.75 Å². The predicted molar refractivity (Wildman–Crippen MR) is 55.9 cm³/mol. The van der Waals surface area contributed by atoms with Crippen molar-refractivity contribution < 1.29 is 4.74 Å². The van der Waals surface area contributed by atoms with E-state index < -0.39 is 10.9 Å². The molecule has 14 heavy (non-hydrogen) atoms. The molecule has 1 aromatic rings. The molecule has 0 heterocycles. The van der Waals surface area contributed by atoms with Gasteiger partial charge in [0, 0.05) is 6.54 Å². The van der Waals surface area contributed by atoms with Crippen LogP contribution in [0.15, 0.2) is 9.59 Å². The first-order valence-corrected chi connectivity index (χ1v) is 4.92. The van der Waals surface area contributed by atoms with E-state index in [0.717, 1.165) is 12.8 Å². The summed E-state index contributed by atoms with van der Waals surface area (Å²) < 4.78 is 5.05. The molecule has 0 spiro atoms. The Kier molecular flexibility index (Phi) is 3.68. The van der Waals surface area contributed by atoms with Gasteiger partial charge in [-0.05, 0) is 13.3 Å². The van der Waals surface area contributed by atoms with Crippen molar-refractivity contribution in [1.82, 2.24) is 0 Å². The van der Waals surface area contributed by atoms with E-state index in [1.807, 2.05) is 0 Å². The molecule has 1 rings (SSSR count). The van der Waals surface area contributed by atoms with Crippen molar-refractivity contribution in [2.45, 2.75) is 26.7 Å². The minimum atomic E-state index is -0.508. The van der Waals surface area contributed by atoms with Crippen molar-refractivity contribution in [2.75, 3.05) is 18.5 Å². The van der Waals surface area contributed by atoms with Crippen LogP contribution in [0.25, 0.3) is 0 Å². The Morgan fingerprint density at radius 3 is 2.50 bits per heavy atom. The van der Waals surface area contributed by atoms with Gasteiger partial charge in [-0.15, -0.1) is 0 Å². The van der Waals surface area contributed by atoms with Crippen molar-refractivity contribution in [2.24, 2.45) is 0 Å². The van der Waals surface area contributed by atoms with E-state index in [1.54, 1.807) is 6.92 Å². The summed E-state index contributed by atoms with van der Waals surface area (Å²) in [6.45, 7) is 4.97. The van der Waals surface area contributed by atoms with Crippen LogP contribution in [0.4, 0.5) is 5.69 Å². The molecule has 78 valence electrons. The first-order valence-electron chi connectivity index (χ1n) is 4.92. The lowest BCUT2D eigenvalue weighted by Crippen LogP contribution is -2.36. The van der Waals surface area contributed by atoms with Crippen molar-refractivity contribution in [3.8, 4) is 5.75 Å². The van der Waals surface area contributed by atoms with Crippen molar-refractivity contribution >= 4 is 5.69 Å². The molecule has 0 atom stereocenters. The van der Waals surface area contributed by atoms with Gasteiger partial charge in [-0.25, -0.2) is 0 Å². The Balaban J connectivity index is 2.62. The summed E-state index contributed by atoms with van der Waals surface area (Å²) in [4.78, 5) is 22.1. The fraction of sp³-hybridized carbons (Fsp3) is 0.600.